The number of esters is 1. The number of carboxylic acid groups (broad SMARTS) is 1. The van der Waals surface area contributed by atoms with Crippen LogP contribution < -0.4 is 11.1 Å². The van der Waals surface area contributed by atoms with Gasteiger partial charge in [-0.15, -0.1) is 0 Å². The minimum Gasteiger partial charge on any atom is -0.507 e. The van der Waals surface area contributed by atoms with Crippen molar-refractivity contribution in [1.29, 1.82) is 0 Å². The molecule has 2 aromatic carbocycles. The third kappa shape index (κ3) is 7.07. The summed E-state index contributed by atoms with van der Waals surface area (Å²) in [5, 5.41) is 25.0. The van der Waals surface area contributed by atoms with E-state index < -0.39 is 29.4 Å². The van der Waals surface area contributed by atoms with Crippen LogP contribution in [0.25, 0.3) is 5.65 Å². The van der Waals surface area contributed by atoms with Gasteiger partial charge in [0.25, 0.3) is 5.91 Å². The first-order chi connectivity index (χ1) is 20.0. The maximum Gasteiger partial charge on any atom is 0.354 e. The van der Waals surface area contributed by atoms with Crippen LogP contribution in [-0.4, -0.2) is 49.3 Å². The average molecular weight is 657 g/mol. The molecule has 43 heavy (non-hydrogen) atoms. The summed E-state index contributed by atoms with van der Waals surface area (Å²) in [6.07, 6.45) is 3.58. The van der Waals surface area contributed by atoms with E-state index in [4.69, 9.17) is 15.6 Å². The van der Waals surface area contributed by atoms with E-state index in [-0.39, 0.29) is 37.2 Å². The molecule has 5 rings (SSSR count). The third-order valence-electron chi connectivity index (χ3n) is 6.68. The number of hydrogen-bond acceptors (Lipinski definition) is 8. The van der Waals surface area contributed by atoms with Crippen LogP contribution in [0, 0.1) is 12.7 Å². The summed E-state index contributed by atoms with van der Waals surface area (Å²) in [6.45, 7) is 5.96. The third-order valence-corrected chi connectivity index (χ3v) is 7.31. The number of fused-ring (bicyclic) bond motifs is 2. The van der Waals surface area contributed by atoms with Crippen molar-refractivity contribution in [2.75, 3.05) is 6.61 Å². The number of nitrogens with two attached hydrogens (primary N) is 1. The fourth-order valence-corrected chi connectivity index (χ4v) is 5.01. The number of carbonyl (C=O) groups is 3. The molecule has 0 radical (unpaired) electrons. The highest BCUT2D eigenvalue weighted by Gasteiger charge is 2.29. The zero-order valence-electron chi connectivity index (χ0n) is 22.4. The topological polar surface area (TPSA) is 169 Å². The molecule has 0 unspecified atom stereocenters. The Morgan fingerprint density at radius 1 is 1.28 bits per heavy atom. The van der Waals surface area contributed by atoms with Gasteiger partial charge in [0.15, 0.2) is 17.2 Å². The summed E-state index contributed by atoms with van der Waals surface area (Å²) < 4.78 is 20.7. The number of aromatic hydroxyl groups is 1. The molecule has 0 bridgehead atoms. The molecule has 2 aromatic heterocycles. The molecule has 1 aliphatic rings. The van der Waals surface area contributed by atoms with E-state index in [1.165, 1.54) is 6.08 Å². The smallest absolute Gasteiger partial charge is 0.354 e. The molecule has 1 amide bonds. The summed E-state index contributed by atoms with van der Waals surface area (Å²) >= 11 is 3.18. The molecule has 1 aliphatic carbocycles. The molecule has 4 aromatic rings. The van der Waals surface area contributed by atoms with Crippen molar-refractivity contribution < 1.29 is 33.7 Å². The first kappa shape index (κ1) is 32.9. The van der Waals surface area contributed by atoms with E-state index in [1.807, 2.05) is 6.92 Å². The Morgan fingerprint density at radius 2 is 2.02 bits per heavy atom. The van der Waals surface area contributed by atoms with Crippen molar-refractivity contribution in [2.24, 2.45) is 5.73 Å². The molecule has 13 heteroatoms. The number of hydrogen-bond donors (Lipinski definition) is 4. The Hall–Kier alpha value is -4.62. The molecular formula is C30H31BrFN5O6. The average Bonchev–Trinajstić information content (AvgIpc) is 3.56. The zero-order valence-corrected chi connectivity index (χ0v) is 24.0. The molecule has 5 N–H and O–H groups in total. The fourth-order valence-electron chi connectivity index (χ4n) is 4.58. The summed E-state index contributed by atoms with van der Waals surface area (Å²) in [4.78, 5) is 40.3. The van der Waals surface area contributed by atoms with Gasteiger partial charge in [-0.3, -0.25) is 4.79 Å². The molecule has 11 nitrogen and oxygen atoms in total. The van der Waals surface area contributed by atoms with Crippen LogP contribution in [0.5, 0.6) is 5.75 Å². The number of nitrogens with one attached hydrogen (secondary N) is 1. The lowest BCUT2D eigenvalue weighted by Gasteiger charge is -2.16. The van der Waals surface area contributed by atoms with Crippen molar-refractivity contribution in [3.8, 4) is 5.75 Å². The van der Waals surface area contributed by atoms with Gasteiger partial charge in [-0.2, -0.15) is 5.10 Å². The lowest BCUT2D eigenvalue weighted by Crippen LogP contribution is -2.29. The summed E-state index contributed by atoms with van der Waals surface area (Å²) in [5.41, 5.74) is 8.44. The van der Waals surface area contributed by atoms with Crippen LogP contribution in [0.4, 0.5) is 4.39 Å². The second-order valence-corrected chi connectivity index (χ2v) is 10.2. The van der Waals surface area contributed by atoms with Gasteiger partial charge in [0.05, 0.1) is 22.3 Å². The molecule has 0 aliphatic heterocycles. The SMILES string of the molecule is C.C=CCOC(=O)c1ccc2c(c1C)CC[C@@H]2NC(=O)c1cc(C(=O)O)nc2c(F)cnn12.NCc1ccc(O)c(Br)c1. The Balaban J connectivity index is 0.000000392. The van der Waals surface area contributed by atoms with Crippen molar-refractivity contribution in [2.45, 2.75) is 39.8 Å². The number of aromatic carboxylic acids is 1. The predicted molar refractivity (Wildman–Crippen MR) is 161 cm³/mol. The first-order valence-electron chi connectivity index (χ1n) is 12.7. The van der Waals surface area contributed by atoms with E-state index in [9.17, 15) is 23.9 Å². The number of nitrogens with zero attached hydrogens (tertiary/aromatic N) is 3. The number of carboxylic acids is 1. The fraction of sp³-hybridized carbons (Fsp3) is 0.233. The van der Waals surface area contributed by atoms with Crippen LogP contribution in [0.2, 0.25) is 0 Å². The number of phenolic OH excluding ortho intramolecular Hbond substituents is 1. The molecule has 1 atom stereocenters. The quantitative estimate of drug-likeness (QED) is 0.160. The Morgan fingerprint density at radius 3 is 2.67 bits per heavy atom. The maximum atomic E-state index is 13.9. The van der Waals surface area contributed by atoms with Gasteiger partial charge < -0.3 is 26.0 Å². The van der Waals surface area contributed by atoms with Gasteiger partial charge in [0.2, 0.25) is 0 Å². The summed E-state index contributed by atoms with van der Waals surface area (Å²) in [7, 11) is 0. The van der Waals surface area contributed by atoms with Crippen LogP contribution in [0.1, 0.15) is 73.5 Å². The first-order valence-corrected chi connectivity index (χ1v) is 13.5. The van der Waals surface area contributed by atoms with E-state index in [2.05, 4.69) is 37.9 Å². The zero-order chi connectivity index (χ0) is 30.6. The number of benzene rings is 2. The number of phenols is 1. The highest BCUT2D eigenvalue weighted by molar-refractivity contribution is 9.10. The predicted octanol–water partition coefficient (Wildman–Crippen LogP) is 4.88. The van der Waals surface area contributed by atoms with Crippen molar-refractivity contribution >= 4 is 39.4 Å². The maximum absolute atomic E-state index is 13.9. The van der Waals surface area contributed by atoms with Gasteiger partial charge in [-0.05, 0) is 76.1 Å². The standard InChI is InChI=1S/C22H19FN4O5.C7H8BrNO.CH4/c1-3-8-32-22(31)13-4-5-14-12(11(13)2)6-7-16(14)26-20(28)18-9-17(21(29)30)25-19-15(23)10-24-27(18)19;8-6-3-5(4-9)1-2-7(6)10;/h3-5,9-10,16H,1,6-8H2,2H3,(H,26,28)(H,29,30);1-3,10H,4,9H2;1H4/t16-;;/m0../s1. The van der Waals surface area contributed by atoms with Crippen molar-refractivity contribution in [3.63, 3.8) is 0 Å². The highest BCUT2D eigenvalue weighted by atomic mass is 79.9. The minimum absolute atomic E-state index is 0. The number of carbonyl (C=O) groups excluding carboxylic acids is 2. The van der Waals surface area contributed by atoms with E-state index in [0.717, 1.165) is 39.0 Å². The Labute approximate surface area is 255 Å². The molecule has 0 saturated carbocycles. The Bertz CT molecular complexity index is 1710. The Kier molecular flexibility index (Phi) is 10.7. The van der Waals surface area contributed by atoms with Gasteiger partial charge >= 0.3 is 11.9 Å². The monoisotopic (exact) mass is 655 g/mol. The van der Waals surface area contributed by atoms with E-state index in [1.54, 1.807) is 30.3 Å². The molecule has 0 spiro atoms. The normalized spacial score (nSPS) is 13.3. The van der Waals surface area contributed by atoms with Crippen LogP contribution in [0.3, 0.4) is 0 Å². The lowest BCUT2D eigenvalue weighted by atomic mass is 9.98. The number of rotatable bonds is 7. The van der Waals surface area contributed by atoms with Crippen LogP contribution in [0.15, 0.2) is 59.7 Å². The summed E-state index contributed by atoms with van der Waals surface area (Å²) in [6, 6.07) is 9.31. The van der Waals surface area contributed by atoms with Gasteiger partial charge in [-0.25, -0.2) is 23.5 Å². The molecule has 0 fully saturated rings. The number of amides is 1. The summed E-state index contributed by atoms with van der Waals surface area (Å²) in [5.74, 6) is -3.04. The van der Waals surface area contributed by atoms with E-state index >= 15 is 0 Å². The second kappa shape index (κ2) is 14.0. The van der Waals surface area contributed by atoms with Crippen molar-refractivity contribution in [1.82, 2.24) is 19.9 Å². The number of aromatic nitrogens is 3. The van der Waals surface area contributed by atoms with Gasteiger partial charge in [0.1, 0.15) is 18.1 Å². The van der Waals surface area contributed by atoms with Crippen LogP contribution >= 0.6 is 15.9 Å². The molecule has 0 saturated heterocycles. The minimum atomic E-state index is -1.39. The molecule has 2 heterocycles. The van der Waals surface area contributed by atoms with E-state index in [0.29, 0.717) is 29.4 Å². The molecular weight excluding hydrogens is 625 g/mol. The van der Waals surface area contributed by atoms with Crippen molar-refractivity contribution in [3.05, 3.63) is 105 Å². The molecule has 226 valence electrons. The van der Waals surface area contributed by atoms with Gasteiger partial charge in [0, 0.05) is 12.6 Å². The number of halogens is 2. The highest BCUT2D eigenvalue weighted by Crippen LogP contribution is 2.35. The largest absolute Gasteiger partial charge is 0.507 e. The lowest BCUT2D eigenvalue weighted by molar-refractivity contribution is 0.0548. The number of ether oxygens (including phenoxy) is 1. The van der Waals surface area contributed by atoms with Gasteiger partial charge in [-0.1, -0.05) is 32.2 Å². The van der Waals surface area contributed by atoms with Crippen LogP contribution in [-0.2, 0) is 17.7 Å². The second-order valence-electron chi connectivity index (χ2n) is 9.31.